The predicted octanol–water partition coefficient (Wildman–Crippen LogP) is 0.0319. The van der Waals surface area contributed by atoms with Gasteiger partial charge in [-0.1, -0.05) is 0 Å². The summed E-state index contributed by atoms with van der Waals surface area (Å²) in [4.78, 5) is 22.4. The van der Waals surface area contributed by atoms with E-state index in [1.165, 1.54) is 0 Å². The van der Waals surface area contributed by atoms with E-state index in [4.69, 9.17) is 4.42 Å². The van der Waals surface area contributed by atoms with Gasteiger partial charge in [0.15, 0.2) is 0 Å². The summed E-state index contributed by atoms with van der Waals surface area (Å²) >= 11 is 0. The molecule has 0 saturated carbocycles. The van der Waals surface area contributed by atoms with Gasteiger partial charge in [0, 0.05) is 25.1 Å². The summed E-state index contributed by atoms with van der Waals surface area (Å²) in [6.07, 6.45) is 3.43. The van der Waals surface area contributed by atoms with Gasteiger partial charge in [0.1, 0.15) is 0 Å². The molecule has 2 amide bonds. The number of carbonyl (C=O) groups excluding carboxylic acids is 2. The van der Waals surface area contributed by atoms with Gasteiger partial charge >= 0.3 is 0 Å². The molecular formula is C10H12N2O3. The lowest BCUT2D eigenvalue weighted by Gasteiger charge is -2.07. The molecule has 0 spiro atoms. The van der Waals surface area contributed by atoms with Crippen molar-refractivity contribution < 1.29 is 14.0 Å². The van der Waals surface area contributed by atoms with Crippen LogP contribution in [-0.2, 0) is 16.1 Å². The molecule has 1 aliphatic rings. The Labute approximate surface area is 86.8 Å². The normalized spacial score (nSPS) is 20.0. The molecule has 0 aromatic carbocycles. The number of nitrogens with one attached hydrogen (secondary N) is 2. The van der Waals surface area contributed by atoms with Gasteiger partial charge in [-0.3, -0.25) is 9.59 Å². The first-order valence-electron chi connectivity index (χ1n) is 4.81. The Hall–Kier alpha value is -1.78. The number of carbonyl (C=O) groups is 2. The summed E-state index contributed by atoms with van der Waals surface area (Å²) < 4.78 is 4.87. The Morgan fingerprint density at radius 2 is 2.53 bits per heavy atom. The summed E-state index contributed by atoms with van der Waals surface area (Å²) in [5.74, 6) is -0.377. The monoisotopic (exact) mass is 208 g/mol. The maximum absolute atomic E-state index is 11.6. The molecule has 80 valence electrons. The minimum absolute atomic E-state index is 0.0570. The van der Waals surface area contributed by atoms with Crippen molar-refractivity contribution in [3.8, 4) is 0 Å². The minimum atomic E-state index is -0.232. The topological polar surface area (TPSA) is 71.3 Å². The van der Waals surface area contributed by atoms with Crippen molar-refractivity contribution in [1.29, 1.82) is 0 Å². The van der Waals surface area contributed by atoms with Gasteiger partial charge < -0.3 is 15.1 Å². The molecule has 2 N–H and O–H groups in total. The third kappa shape index (κ3) is 2.37. The molecule has 5 heteroatoms. The van der Waals surface area contributed by atoms with Crippen LogP contribution in [0.3, 0.4) is 0 Å². The first-order chi connectivity index (χ1) is 7.25. The van der Waals surface area contributed by atoms with Gasteiger partial charge in [-0.05, 0) is 6.07 Å². The molecule has 0 radical (unpaired) electrons. The molecule has 1 saturated heterocycles. The van der Waals surface area contributed by atoms with E-state index in [0.717, 1.165) is 5.56 Å². The maximum Gasteiger partial charge on any atom is 0.225 e. The van der Waals surface area contributed by atoms with E-state index >= 15 is 0 Å². The zero-order valence-electron chi connectivity index (χ0n) is 8.16. The summed E-state index contributed by atoms with van der Waals surface area (Å²) in [7, 11) is 0. The van der Waals surface area contributed by atoms with E-state index in [-0.39, 0.29) is 24.2 Å². The van der Waals surface area contributed by atoms with Gasteiger partial charge in [-0.25, -0.2) is 0 Å². The van der Waals surface area contributed by atoms with Crippen molar-refractivity contribution in [2.45, 2.75) is 13.0 Å². The maximum atomic E-state index is 11.6. The molecule has 1 unspecified atom stereocenters. The first kappa shape index (κ1) is 9.76. The molecule has 5 nitrogen and oxygen atoms in total. The van der Waals surface area contributed by atoms with Crippen molar-refractivity contribution in [2.24, 2.45) is 5.92 Å². The Bertz CT molecular complexity index is 359. The van der Waals surface area contributed by atoms with Crippen molar-refractivity contribution in [3.63, 3.8) is 0 Å². The number of furan rings is 1. The molecule has 2 rings (SSSR count). The smallest absolute Gasteiger partial charge is 0.225 e. The van der Waals surface area contributed by atoms with E-state index in [9.17, 15) is 9.59 Å². The van der Waals surface area contributed by atoms with Crippen LogP contribution < -0.4 is 10.6 Å². The molecule has 0 aliphatic carbocycles. The standard InChI is InChI=1S/C10H12N2O3/c13-9-3-8(5-11-9)10(14)12-4-7-1-2-15-6-7/h1-2,6,8H,3-5H2,(H,11,13)(H,12,14). The highest BCUT2D eigenvalue weighted by molar-refractivity contribution is 5.89. The zero-order chi connectivity index (χ0) is 10.7. The average molecular weight is 208 g/mol. The molecule has 1 aliphatic heterocycles. The van der Waals surface area contributed by atoms with Crippen molar-refractivity contribution in [1.82, 2.24) is 10.6 Å². The van der Waals surface area contributed by atoms with E-state index < -0.39 is 0 Å². The molecule has 0 bridgehead atoms. The van der Waals surface area contributed by atoms with Crippen LogP contribution in [0.15, 0.2) is 23.0 Å². The van der Waals surface area contributed by atoms with E-state index in [1.807, 2.05) is 0 Å². The van der Waals surface area contributed by atoms with Gasteiger partial charge in [0.05, 0.1) is 18.4 Å². The predicted molar refractivity (Wildman–Crippen MR) is 51.7 cm³/mol. The van der Waals surface area contributed by atoms with Crippen LogP contribution in [0.25, 0.3) is 0 Å². The molecular weight excluding hydrogens is 196 g/mol. The van der Waals surface area contributed by atoms with Gasteiger partial charge in [-0.2, -0.15) is 0 Å². The fourth-order valence-corrected chi connectivity index (χ4v) is 1.52. The Kier molecular flexibility index (Phi) is 2.71. The number of hydrogen-bond donors (Lipinski definition) is 2. The largest absolute Gasteiger partial charge is 0.472 e. The first-order valence-corrected chi connectivity index (χ1v) is 4.81. The zero-order valence-corrected chi connectivity index (χ0v) is 8.16. The van der Waals surface area contributed by atoms with E-state index in [0.29, 0.717) is 13.1 Å². The van der Waals surface area contributed by atoms with Crippen LogP contribution in [0.1, 0.15) is 12.0 Å². The highest BCUT2D eigenvalue weighted by atomic mass is 16.3. The molecule has 1 aromatic heterocycles. The Morgan fingerprint density at radius 1 is 1.67 bits per heavy atom. The second-order valence-electron chi connectivity index (χ2n) is 3.55. The van der Waals surface area contributed by atoms with Crippen LogP contribution in [-0.4, -0.2) is 18.4 Å². The van der Waals surface area contributed by atoms with Gasteiger partial charge in [-0.15, -0.1) is 0 Å². The van der Waals surface area contributed by atoms with E-state index in [2.05, 4.69) is 10.6 Å². The summed E-state index contributed by atoms with van der Waals surface area (Å²) in [5, 5.41) is 5.38. The summed E-state index contributed by atoms with van der Waals surface area (Å²) in [6.45, 7) is 0.885. The SMILES string of the molecule is O=C1CC(C(=O)NCc2ccoc2)CN1. The fraction of sp³-hybridized carbons (Fsp3) is 0.400. The molecule has 15 heavy (non-hydrogen) atoms. The lowest BCUT2D eigenvalue weighted by molar-refractivity contribution is -0.126. The minimum Gasteiger partial charge on any atom is -0.472 e. The van der Waals surface area contributed by atoms with Crippen molar-refractivity contribution in [3.05, 3.63) is 24.2 Å². The lowest BCUT2D eigenvalue weighted by atomic mass is 10.1. The Morgan fingerprint density at radius 3 is 3.13 bits per heavy atom. The van der Waals surface area contributed by atoms with Crippen LogP contribution in [0, 0.1) is 5.92 Å². The van der Waals surface area contributed by atoms with Gasteiger partial charge in [0.25, 0.3) is 0 Å². The lowest BCUT2D eigenvalue weighted by Crippen LogP contribution is -2.31. The second-order valence-corrected chi connectivity index (χ2v) is 3.55. The Balaban J connectivity index is 1.80. The molecule has 2 heterocycles. The molecule has 1 aromatic rings. The molecule has 1 atom stereocenters. The second kappa shape index (κ2) is 4.16. The van der Waals surface area contributed by atoms with Crippen molar-refractivity contribution in [2.75, 3.05) is 6.54 Å². The third-order valence-corrected chi connectivity index (χ3v) is 2.40. The molecule has 1 fully saturated rings. The number of hydrogen-bond acceptors (Lipinski definition) is 3. The fourth-order valence-electron chi connectivity index (χ4n) is 1.52. The third-order valence-electron chi connectivity index (χ3n) is 2.40. The van der Waals surface area contributed by atoms with Crippen LogP contribution >= 0.6 is 0 Å². The van der Waals surface area contributed by atoms with E-state index in [1.54, 1.807) is 18.6 Å². The quantitative estimate of drug-likeness (QED) is 0.736. The number of rotatable bonds is 3. The highest BCUT2D eigenvalue weighted by Crippen LogP contribution is 2.09. The van der Waals surface area contributed by atoms with Crippen LogP contribution in [0.4, 0.5) is 0 Å². The van der Waals surface area contributed by atoms with Gasteiger partial charge in [0.2, 0.25) is 11.8 Å². The van der Waals surface area contributed by atoms with Crippen LogP contribution in [0.5, 0.6) is 0 Å². The number of amides is 2. The summed E-state index contributed by atoms with van der Waals surface area (Å²) in [5.41, 5.74) is 0.917. The summed E-state index contributed by atoms with van der Waals surface area (Å²) in [6, 6.07) is 1.79. The van der Waals surface area contributed by atoms with Crippen molar-refractivity contribution >= 4 is 11.8 Å². The van der Waals surface area contributed by atoms with Crippen LogP contribution in [0.2, 0.25) is 0 Å². The highest BCUT2D eigenvalue weighted by Gasteiger charge is 2.27. The average Bonchev–Trinajstić information content (AvgIpc) is 2.84.